The maximum absolute atomic E-state index is 12.2. The quantitative estimate of drug-likeness (QED) is 0.704. The summed E-state index contributed by atoms with van der Waals surface area (Å²) in [6.07, 6.45) is 0.179. The molecule has 0 saturated carbocycles. The van der Waals surface area contributed by atoms with E-state index in [0.717, 1.165) is 4.47 Å². The molecule has 0 radical (unpaired) electrons. The highest BCUT2D eigenvalue weighted by atomic mass is 79.9. The van der Waals surface area contributed by atoms with E-state index in [-0.39, 0.29) is 30.9 Å². The van der Waals surface area contributed by atoms with Gasteiger partial charge < -0.3 is 14.4 Å². The number of nitrogens with zero attached hydrogens (tertiary/aromatic N) is 1. The number of benzene rings is 1. The van der Waals surface area contributed by atoms with E-state index in [2.05, 4.69) is 20.7 Å². The second kappa shape index (κ2) is 8.67. The first-order valence-corrected chi connectivity index (χ1v) is 7.48. The number of carbonyl (C=O) groups is 2. The van der Waals surface area contributed by atoms with Crippen LogP contribution in [0.3, 0.4) is 0 Å². The summed E-state index contributed by atoms with van der Waals surface area (Å²) in [5.41, 5.74) is 0. The fourth-order valence-electron chi connectivity index (χ4n) is 1.74. The van der Waals surface area contributed by atoms with Crippen LogP contribution in [0, 0.1) is 0 Å². The summed E-state index contributed by atoms with van der Waals surface area (Å²) in [7, 11) is 1.33. The molecule has 0 atom stereocenters. The highest BCUT2D eigenvalue weighted by Gasteiger charge is 2.18. The zero-order valence-electron chi connectivity index (χ0n) is 12.5. The van der Waals surface area contributed by atoms with Crippen LogP contribution >= 0.6 is 15.9 Å². The first kappa shape index (κ1) is 17.5. The number of esters is 1. The van der Waals surface area contributed by atoms with Crippen molar-refractivity contribution in [1.82, 2.24) is 4.90 Å². The number of methoxy groups -OCH3 is 1. The van der Waals surface area contributed by atoms with Crippen LogP contribution in [0.25, 0.3) is 0 Å². The zero-order chi connectivity index (χ0) is 15.8. The van der Waals surface area contributed by atoms with Gasteiger partial charge in [-0.15, -0.1) is 0 Å². The first-order chi connectivity index (χ1) is 9.93. The Labute approximate surface area is 133 Å². The number of ether oxygens (including phenoxy) is 2. The van der Waals surface area contributed by atoms with Gasteiger partial charge in [0.25, 0.3) is 5.91 Å². The van der Waals surface area contributed by atoms with E-state index in [1.165, 1.54) is 7.11 Å². The number of hydrogen-bond acceptors (Lipinski definition) is 4. The van der Waals surface area contributed by atoms with Gasteiger partial charge in [0, 0.05) is 17.1 Å². The van der Waals surface area contributed by atoms with E-state index >= 15 is 0 Å². The Kier molecular flexibility index (Phi) is 7.22. The second-order valence-corrected chi connectivity index (χ2v) is 5.67. The molecule has 1 amide bonds. The standard InChI is InChI=1S/C15H20BrNO4/c1-11(2)17(9-8-15(19)20-3)14(18)10-21-13-6-4-12(16)5-7-13/h4-7,11H,8-10H2,1-3H3. The van der Waals surface area contributed by atoms with E-state index in [9.17, 15) is 9.59 Å². The molecule has 0 aliphatic heterocycles. The van der Waals surface area contributed by atoms with Crippen LogP contribution in [0.1, 0.15) is 20.3 Å². The minimum absolute atomic E-state index is 0.00401. The molecule has 1 aromatic rings. The molecule has 0 aliphatic carbocycles. The van der Waals surface area contributed by atoms with Crippen molar-refractivity contribution in [1.29, 1.82) is 0 Å². The Morgan fingerprint density at radius 2 is 1.86 bits per heavy atom. The lowest BCUT2D eigenvalue weighted by molar-refractivity contribution is -0.142. The van der Waals surface area contributed by atoms with Gasteiger partial charge in [-0.1, -0.05) is 15.9 Å². The third-order valence-corrected chi connectivity index (χ3v) is 3.43. The predicted molar refractivity (Wildman–Crippen MR) is 83.1 cm³/mol. The van der Waals surface area contributed by atoms with Crippen molar-refractivity contribution < 1.29 is 19.1 Å². The van der Waals surface area contributed by atoms with E-state index in [1.54, 1.807) is 17.0 Å². The average molecular weight is 358 g/mol. The van der Waals surface area contributed by atoms with E-state index in [0.29, 0.717) is 12.3 Å². The molecule has 1 aromatic carbocycles. The summed E-state index contributed by atoms with van der Waals surface area (Å²) in [6.45, 7) is 4.07. The minimum Gasteiger partial charge on any atom is -0.484 e. The van der Waals surface area contributed by atoms with Crippen molar-refractivity contribution in [3.8, 4) is 5.75 Å². The molecule has 0 bridgehead atoms. The van der Waals surface area contributed by atoms with Gasteiger partial charge in [0.05, 0.1) is 13.5 Å². The third-order valence-electron chi connectivity index (χ3n) is 2.90. The van der Waals surface area contributed by atoms with Crippen molar-refractivity contribution in [3.63, 3.8) is 0 Å². The summed E-state index contributed by atoms with van der Waals surface area (Å²) in [5.74, 6) is 0.141. The monoisotopic (exact) mass is 357 g/mol. The van der Waals surface area contributed by atoms with Crippen LogP contribution < -0.4 is 4.74 Å². The molecular formula is C15H20BrNO4. The zero-order valence-corrected chi connectivity index (χ0v) is 14.1. The van der Waals surface area contributed by atoms with E-state index in [1.807, 2.05) is 26.0 Å². The second-order valence-electron chi connectivity index (χ2n) is 4.75. The molecule has 116 valence electrons. The maximum Gasteiger partial charge on any atom is 0.307 e. The molecule has 0 unspecified atom stereocenters. The lowest BCUT2D eigenvalue weighted by atomic mass is 10.2. The Balaban J connectivity index is 2.52. The van der Waals surface area contributed by atoms with Gasteiger partial charge >= 0.3 is 5.97 Å². The van der Waals surface area contributed by atoms with Gasteiger partial charge in [-0.3, -0.25) is 9.59 Å². The summed E-state index contributed by atoms with van der Waals surface area (Å²) >= 11 is 3.33. The lowest BCUT2D eigenvalue weighted by Crippen LogP contribution is -2.41. The highest BCUT2D eigenvalue weighted by Crippen LogP contribution is 2.16. The fourth-order valence-corrected chi connectivity index (χ4v) is 2.01. The predicted octanol–water partition coefficient (Wildman–Crippen LogP) is 2.63. The molecule has 5 nitrogen and oxygen atoms in total. The number of amides is 1. The van der Waals surface area contributed by atoms with Crippen molar-refractivity contribution >= 4 is 27.8 Å². The fraction of sp³-hybridized carbons (Fsp3) is 0.467. The normalized spacial score (nSPS) is 10.3. The molecule has 1 rings (SSSR count). The summed E-state index contributed by atoms with van der Waals surface area (Å²) < 4.78 is 11.0. The Morgan fingerprint density at radius 3 is 2.38 bits per heavy atom. The van der Waals surface area contributed by atoms with Crippen LogP contribution in [-0.4, -0.2) is 43.1 Å². The molecule has 0 aliphatic rings. The molecule has 0 saturated heterocycles. The Hall–Kier alpha value is -1.56. The van der Waals surface area contributed by atoms with Crippen LogP contribution in [0.4, 0.5) is 0 Å². The largest absolute Gasteiger partial charge is 0.484 e. The maximum atomic E-state index is 12.2. The molecule has 0 aromatic heterocycles. The summed E-state index contributed by atoms with van der Waals surface area (Å²) in [6, 6.07) is 7.25. The van der Waals surface area contributed by atoms with Gasteiger partial charge in [0.15, 0.2) is 6.61 Å². The minimum atomic E-state index is -0.331. The van der Waals surface area contributed by atoms with E-state index in [4.69, 9.17) is 4.74 Å². The number of carbonyl (C=O) groups excluding carboxylic acids is 2. The third kappa shape index (κ3) is 6.16. The molecule has 0 spiro atoms. The number of rotatable bonds is 7. The molecule has 6 heteroatoms. The van der Waals surface area contributed by atoms with Gasteiger partial charge in [-0.25, -0.2) is 0 Å². The summed E-state index contributed by atoms with van der Waals surface area (Å²) in [4.78, 5) is 24.9. The molecule has 0 heterocycles. The van der Waals surface area contributed by atoms with Crippen molar-refractivity contribution in [3.05, 3.63) is 28.7 Å². The lowest BCUT2D eigenvalue weighted by Gasteiger charge is -2.26. The topological polar surface area (TPSA) is 55.8 Å². The SMILES string of the molecule is COC(=O)CCN(C(=O)COc1ccc(Br)cc1)C(C)C. The van der Waals surface area contributed by atoms with Crippen LogP contribution in [-0.2, 0) is 14.3 Å². The van der Waals surface area contributed by atoms with Crippen molar-refractivity contribution in [2.24, 2.45) is 0 Å². The summed E-state index contributed by atoms with van der Waals surface area (Å²) in [5, 5.41) is 0. The average Bonchev–Trinajstić information content (AvgIpc) is 2.46. The highest BCUT2D eigenvalue weighted by molar-refractivity contribution is 9.10. The van der Waals surface area contributed by atoms with Crippen LogP contribution in [0.15, 0.2) is 28.7 Å². The molecule has 21 heavy (non-hydrogen) atoms. The van der Waals surface area contributed by atoms with Gasteiger partial charge in [0.1, 0.15) is 5.75 Å². The number of halogens is 1. The van der Waals surface area contributed by atoms with Crippen LogP contribution in [0.2, 0.25) is 0 Å². The Morgan fingerprint density at radius 1 is 1.24 bits per heavy atom. The van der Waals surface area contributed by atoms with Crippen molar-refractivity contribution in [2.45, 2.75) is 26.3 Å². The van der Waals surface area contributed by atoms with Gasteiger partial charge in [-0.2, -0.15) is 0 Å². The van der Waals surface area contributed by atoms with Gasteiger partial charge in [0.2, 0.25) is 0 Å². The smallest absolute Gasteiger partial charge is 0.307 e. The molecular weight excluding hydrogens is 338 g/mol. The Bertz CT molecular complexity index is 473. The van der Waals surface area contributed by atoms with Crippen molar-refractivity contribution in [2.75, 3.05) is 20.3 Å². The first-order valence-electron chi connectivity index (χ1n) is 6.68. The number of hydrogen-bond donors (Lipinski definition) is 0. The van der Waals surface area contributed by atoms with E-state index < -0.39 is 0 Å². The molecule has 0 fully saturated rings. The van der Waals surface area contributed by atoms with Gasteiger partial charge in [-0.05, 0) is 38.1 Å². The van der Waals surface area contributed by atoms with Crippen LogP contribution in [0.5, 0.6) is 5.75 Å². The molecule has 0 N–H and O–H groups in total.